The molecule has 3 nitrogen and oxygen atoms in total. The first kappa shape index (κ1) is 15.5. The van der Waals surface area contributed by atoms with E-state index in [2.05, 4.69) is 16.9 Å². The summed E-state index contributed by atoms with van der Waals surface area (Å²) in [4.78, 5) is 8.20. The summed E-state index contributed by atoms with van der Waals surface area (Å²) in [7, 11) is 0. The molecule has 0 aliphatic carbocycles. The van der Waals surface area contributed by atoms with Crippen LogP contribution < -0.4 is 4.74 Å². The van der Waals surface area contributed by atoms with Crippen LogP contribution in [0.1, 0.15) is 45.4 Å². The summed E-state index contributed by atoms with van der Waals surface area (Å²) in [5, 5.41) is 0. The zero-order valence-electron chi connectivity index (χ0n) is 12.8. The molecule has 3 heteroatoms. The molecule has 0 amide bonds. The summed E-state index contributed by atoms with van der Waals surface area (Å²) in [6, 6.07) is 10.0. The van der Waals surface area contributed by atoms with E-state index in [-0.39, 0.29) is 0 Å². The molecule has 0 radical (unpaired) electrons. The summed E-state index contributed by atoms with van der Waals surface area (Å²) < 4.78 is 5.83. The highest BCUT2D eigenvalue weighted by Crippen LogP contribution is 2.21. The molecule has 0 fully saturated rings. The number of rotatable bonds is 9. The van der Waals surface area contributed by atoms with Crippen LogP contribution in [0.4, 0.5) is 0 Å². The lowest BCUT2D eigenvalue weighted by molar-refractivity contribution is 0.304. The number of benzene rings is 1. The maximum Gasteiger partial charge on any atom is 0.119 e. The lowest BCUT2D eigenvalue weighted by Gasteiger charge is -2.08. The third-order valence-corrected chi connectivity index (χ3v) is 3.48. The van der Waals surface area contributed by atoms with Crippen molar-refractivity contribution in [1.29, 1.82) is 0 Å². The molecule has 0 saturated heterocycles. The van der Waals surface area contributed by atoms with Crippen molar-refractivity contribution >= 4 is 0 Å². The molecule has 0 spiro atoms. The molecule has 0 saturated carbocycles. The standard InChI is InChI=1S/C18H24N2O/c1-2-3-4-5-6-7-13-21-17-10-8-9-16(14-17)18-11-12-19-15-20-18/h8-12,14-15H,2-7,13H2,1H3. The van der Waals surface area contributed by atoms with Gasteiger partial charge in [-0.25, -0.2) is 9.97 Å². The van der Waals surface area contributed by atoms with Gasteiger partial charge in [0.25, 0.3) is 0 Å². The van der Waals surface area contributed by atoms with Crippen molar-refractivity contribution in [1.82, 2.24) is 9.97 Å². The van der Waals surface area contributed by atoms with Gasteiger partial charge < -0.3 is 4.74 Å². The third kappa shape index (κ3) is 5.54. The second-order valence-corrected chi connectivity index (χ2v) is 5.24. The molecular formula is C18H24N2O. The quantitative estimate of drug-likeness (QED) is 0.615. The van der Waals surface area contributed by atoms with Crippen molar-refractivity contribution in [2.24, 2.45) is 0 Å². The van der Waals surface area contributed by atoms with Gasteiger partial charge in [0.1, 0.15) is 12.1 Å². The van der Waals surface area contributed by atoms with E-state index in [9.17, 15) is 0 Å². The average Bonchev–Trinajstić information content (AvgIpc) is 2.55. The fraction of sp³-hybridized carbons (Fsp3) is 0.444. The molecule has 0 bridgehead atoms. The molecule has 0 unspecified atom stereocenters. The van der Waals surface area contributed by atoms with Crippen LogP contribution in [0.3, 0.4) is 0 Å². The minimum atomic E-state index is 0.791. The van der Waals surface area contributed by atoms with Gasteiger partial charge in [0, 0.05) is 11.8 Å². The Kier molecular flexibility index (Phi) is 6.72. The van der Waals surface area contributed by atoms with Crippen LogP contribution in [-0.2, 0) is 0 Å². The largest absolute Gasteiger partial charge is 0.494 e. The van der Waals surface area contributed by atoms with Gasteiger partial charge in [-0.2, -0.15) is 0 Å². The minimum Gasteiger partial charge on any atom is -0.494 e. The first-order chi connectivity index (χ1) is 10.4. The van der Waals surface area contributed by atoms with Crippen molar-refractivity contribution in [2.75, 3.05) is 6.61 Å². The van der Waals surface area contributed by atoms with Gasteiger partial charge in [0.05, 0.1) is 12.3 Å². The smallest absolute Gasteiger partial charge is 0.119 e. The average molecular weight is 284 g/mol. The molecule has 21 heavy (non-hydrogen) atoms. The van der Waals surface area contributed by atoms with E-state index in [0.717, 1.165) is 30.0 Å². The fourth-order valence-electron chi connectivity index (χ4n) is 2.28. The Labute approximate surface area is 127 Å². The number of nitrogens with zero attached hydrogens (tertiary/aromatic N) is 2. The second kappa shape index (κ2) is 9.11. The molecule has 1 aromatic carbocycles. The molecule has 1 heterocycles. The molecule has 0 atom stereocenters. The van der Waals surface area contributed by atoms with Crippen molar-refractivity contribution in [2.45, 2.75) is 45.4 Å². The summed E-state index contributed by atoms with van der Waals surface area (Å²) in [5.74, 6) is 0.916. The highest BCUT2D eigenvalue weighted by molar-refractivity contribution is 5.60. The topological polar surface area (TPSA) is 35.0 Å². The number of ether oxygens (including phenoxy) is 1. The number of unbranched alkanes of at least 4 members (excludes halogenated alkanes) is 5. The monoisotopic (exact) mass is 284 g/mol. The Morgan fingerprint density at radius 3 is 2.67 bits per heavy atom. The van der Waals surface area contributed by atoms with E-state index >= 15 is 0 Å². The highest BCUT2D eigenvalue weighted by Gasteiger charge is 2.01. The predicted octanol–water partition coefficient (Wildman–Crippen LogP) is 4.88. The highest BCUT2D eigenvalue weighted by atomic mass is 16.5. The van der Waals surface area contributed by atoms with Gasteiger partial charge in [-0.3, -0.25) is 0 Å². The molecular weight excluding hydrogens is 260 g/mol. The molecule has 2 rings (SSSR count). The SMILES string of the molecule is CCCCCCCCOc1cccc(-c2ccncn2)c1. The Morgan fingerprint density at radius 1 is 1.00 bits per heavy atom. The second-order valence-electron chi connectivity index (χ2n) is 5.24. The maximum atomic E-state index is 5.83. The van der Waals surface area contributed by atoms with Gasteiger partial charge in [0.2, 0.25) is 0 Å². The van der Waals surface area contributed by atoms with Gasteiger partial charge in [-0.15, -0.1) is 0 Å². The molecule has 0 N–H and O–H groups in total. The zero-order valence-corrected chi connectivity index (χ0v) is 12.8. The van der Waals surface area contributed by atoms with E-state index in [4.69, 9.17) is 4.74 Å². The fourth-order valence-corrected chi connectivity index (χ4v) is 2.28. The van der Waals surface area contributed by atoms with Gasteiger partial charge in [-0.1, -0.05) is 51.2 Å². The van der Waals surface area contributed by atoms with Crippen LogP contribution in [0.2, 0.25) is 0 Å². The van der Waals surface area contributed by atoms with Crippen LogP contribution in [0, 0.1) is 0 Å². The Balaban J connectivity index is 1.77. The van der Waals surface area contributed by atoms with Crippen molar-refractivity contribution in [3.63, 3.8) is 0 Å². The van der Waals surface area contributed by atoms with Gasteiger partial charge in [-0.05, 0) is 24.6 Å². The molecule has 0 aliphatic rings. The summed E-state index contributed by atoms with van der Waals surface area (Å²) in [6.07, 6.45) is 11.0. The Hall–Kier alpha value is -1.90. The van der Waals surface area contributed by atoms with E-state index in [1.165, 1.54) is 32.1 Å². The molecule has 0 aliphatic heterocycles. The number of hydrogen-bond donors (Lipinski definition) is 0. The molecule has 112 valence electrons. The van der Waals surface area contributed by atoms with Crippen molar-refractivity contribution in [3.05, 3.63) is 42.9 Å². The van der Waals surface area contributed by atoms with Crippen molar-refractivity contribution < 1.29 is 4.74 Å². The number of hydrogen-bond acceptors (Lipinski definition) is 3. The lowest BCUT2D eigenvalue weighted by atomic mass is 10.1. The molecule has 1 aromatic heterocycles. The van der Waals surface area contributed by atoms with E-state index in [1.807, 2.05) is 30.3 Å². The first-order valence-electron chi connectivity index (χ1n) is 7.89. The predicted molar refractivity (Wildman–Crippen MR) is 86.3 cm³/mol. The minimum absolute atomic E-state index is 0.791. The van der Waals surface area contributed by atoms with Crippen molar-refractivity contribution in [3.8, 4) is 17.0 Å². The summed E-state index contributed by atoms with van der Waals surface area (Å²) in [6.45, 7) is 3.03. The normalized spacial score (nSPS) is 10.5. The van der Waals surface area contributed by atoms with Crippen LogP contribution >= 0.6 is 0 Å². The van der Waals surface area contributed by atoms with Crippen LogP contribution in [0.5, 0.6) is 5.75 Å². The molecule has 2 aromatic rings. The van der Waals surface area contributed by atoms with E-state index < -0.39 is 0 Å². The summed E-state index contributed by atoms with van der Waals surface area (Å²) >= 11 is 0. The van der Waals surface area contributed by atoms with Crippen LogP contribution in [0.15, 0.2) is 42.9 Å². The van der Waals surface area contributed by atoms with Gasteiger partial charge in [0.15, 0.2) is 0 Å². The van der Waals surface area contributed by atoms with E-state index in [1.54, 1.807) is 12.5 Å². The zero-order chi connectivity index (χ0) is 14.8. The van der Waals surface area contributed by atoms with Gasteiger partial charge >= 0.3 is 0 Å². The van der Waals surface area contributed by atoms with Crippen LogP contribution in [-0.4, -0.2) is 16.6 Å². The Morgan fingerprint density at radius 2 is 1.86 bits per heavy atom. The van der Waals surface area contributed by atoms with Crippen LogP contribution in [0.25, 0.3) is 11.3 Å². The summed E-state index contributed by atoms with van der Waals surface area (Å²) in [5.41, 5.74) is 1.99. The third-order valence-electron chi connectivity index (χ3n) is 3.48. The first-order valence-corrected chi connectivity index (χ1v) is 7.89. The number of aromatic nitrogens is 2. The van der Waals surface area contributed by atoms with E-state index in [0.29, 0.717) is 0 Å². The maximum absolute atomic E-state index is 5.83. The Bertz CT molecular complexity index is 514. The lowest BCUT2D eigenvalue weighted by Crippen LogP contribution is -1.97.